The lowest BCUT2D eigenvalue weighted by atomic mass is 10.0. The van der Waals surface area contributed by atoms with E-state index in [1.807, 2.05) is 12.1 Å². The monoisotopic (exact) mass is 335 g/mol. The van der Waals surface area contributed by atoms with Gasteiger partial charge in [0.2, 0.25) is 0 Å². The van der Waals surface area contributed by atoms with Crippen LogP contribution in [0.15, 0.2) is 42.5 Å². The standard InChI is InChI=1S/C19H22FNO.ClH/c1-22-19-12-16(20)9-10-18(19)15-6-4-5-14(11-15)13-21-17-7-2-3-8-17;/h4-6,9-12,17,21H,2-3,7-8,13H2,1H3;1H. The van der Waals surface area contributed by atoms with E-state index in [2.05, 4.69) is 17.4 Å². The average molecular weight is 336 g/mol. The Hall–Kier alpha value is -1.58. The van der Waals surface area contributed by atoms with Gasteiger partial charge in [-0.15, -0.1) is 12.4 Å². The molecule has 1 aliphatic rings. The average Bonchev–Trinajstić information content (AvgIpc) is 3.06. The summed E-state index contributed by atoms with van der Waals surface area (Å²) in [4.78, 5) is 0. The second-order valence-electron chi connectivity index (χ2n) is 5.91. The van der Waals surface area contributed by atoms with E-state index in [-0.39, 0.29) is 18.2 Å². The summed E-state index contributed by atoms with van der Waals surface area (Å²) in [7, 11) is 1.57. The van der Waals surface area contributed by atoms with Crippen molar-refractivity contribution in [2.24, 2.45) is 0 Å². The molecule has 3 rings (SSSR count). The number of hydrogen-bond acceptors (Lipinski definition) is 2. The van der Waals surface area contributed by atoms with Crippen molar-refractivity contribution in [1.29, 1.82) is 0 Å². The van der Waals surface area contributed by atoms with Crippen LogP contribution >= 0.6 is 12.4 Å². The molecule has 0 radical (unpaired) electrons. The Balaban J connectivity index is 0.00000192. The predicted octanol–water partition coefficient (Wildman–Crippen LogP) is 4.96. The molecule has 2 aromatic rings. The van der Waals surface area contributed by atoms with Crippen LogP contribution in [0.25, 0.3) is 11.1 Å². The minimum Gasteiger partial charge on any atom is -0.496 e. The molecule has 0 aliphatic heterocycles. The molecule has 2 aromatic carbocycles. The zero-order chi connectivity index (χ0) is 15.4. The molecular formula is C19H23ClFNO. The van der Waals surface area contributed by atoms with Crippen molar-refractivity contribution in [3.05, 3.63) is 53.8 Å². The first-order valence-electron chi connectivity index (χ1n) is 7.92. The van der Waals surface area contributed by atoms with Gasteiger partial charge in [-0.25, -0.2) is 4.39 Å². The molecule has 0 aromatic heterocycles. The fraction of sp³-hybridized carbons (Fsp3) is 0.368. The lowest BCUT2D eigenvalue weighted by Crippen LogP contribution is -2.25. The van der Waals surface area contributed by atoms with E-state index in [1.165, 1.54) is 43.4 Å². The number of ether oxygens (including phenoxy) is 1. The van der Waals surface area contributed by atoms with E-state index >= 15 is 0 Å². The van der Waals surface area contributed by atoms with Gasteiger partial charge in [0.15, 0.2) is 0 Å². The van der Waals surface area contributed by atoms with Crippen molar-refractivity contribution < 1.29 is 9.13 Å². The van der Waals surface area contributed by atoms with Crippen LogP contribution in [-0.4, -0.2) is 13.2 Å². The second kappa shape index (κ2) is 8.32. The van der Waals surface area contributed by atoms with Gasteiger partial charge in [0, 0.05) is 24.2 Å². The number of halogens is 2. The molecular weight excluding hydrogens is 313 g/mol. The maximum Gasteiger partial charge on any atom is 0.129 e. The molecule has 2 nitrogen and oxygen atoms in total. The van der Waals surface area contributed by atoms with Gasteiger partial charge < -0.3 is 10.1 Å². The summed E-state index contributed by atoms with van der Waals surface area (Å²) in [5, 5.41) is 3.62. The van der Waals surface area contributed by atoms with Gasteiger partial charge in [0.1, 0.15) is 11.6 Å². The van der Waals surface area contributed by atoms with Crippen molar-refractivity contribution in [2.75, 3.05) is 7.11 Å². The first kappa shape index (κ1) is 17.8. The maximum atomic E-state index is 13.3. The molecule has 124 valence electrons. The highest BCUT2D eigenvalue weighted by Gasteiger charge is 2.14. The highest BCUT2D eigenvalue weighted by molar-refractivity contribution is 5.85. The minimum atomic E-state index is -0.278. The number of nitrogens with one attached hydrogen (secondary N) is 1. The van der Waals surface area contributed by atoms with Crippen LogP contribution in [0.1, 0.15) is 31.2 Å². The minimum absolute atomic E-state index is 0. The third-order valence-electron chi connectivity index (χ3n) is 4.35. The molecule has 23 heavy (non-hydrogen) atoms. The van der Waals surface area contributed by atoms with Crippen LogP contribution < -0.4 is 10.1 Å². The van der Waals surface area contributed by atoms with E-state index in [1.54, 1.807) is 13.2 Å². The predicted molar refractivity (Wildman–Crippen MR) is 94.7 cm³/mol. The maximum absolute atomic E-state index is 13.3. The molecule has 1 fully saturated rings. The van der Waals surface area contributed by atoms with Gasteiger partial charge in [-0.1, -0.05) is 31.0 Å². The smallest absolute Gasteiger partial charge is 0.129 e. The third-order valence-corrected chi connectivity index (χ3v) is 4.35. The van der Waals surface area contributed by atoms with Crippen LogP contribution in [-0.2, 0) is 6.54 Å². The third kappa shape index (κ3) is 4.46. The summed E-state index contributed by atoms with van der Waals surface area (Å²) in [6.07, 6.45) is 5.24. The molecule has 1 aliphatic carbocycles. The van der Waals surface area contributed by atoms with Gasteiger partial charge in [-0.3, -0.25) is 0 Å². The van der Waals surface area contributed by atoms with Gasteiger partial charge >= 0.3 is 0 Å². The molecule has 0 spiro atoms. The Morgan fingerprint density at radius 2 is 1.91 bits per heavy atom. The van der Waals surface area contributed by atoms with Crippen molar-refractivity contribution in [3.8, 4) is 16.9 Å². The van der Waals surface area contributed by atoms with Crippen LogP contribution in [0.3, 0.4) is 0 Å². The summed E-state index contributed by atoms with van der Waals surface area (Å²) in [6, 6.07) is 13.7. The first-order valence-corrected chi connectivity index (χ1v) is 7.92. The number of hydrogen-bond donors (Lipinski definition) is 1. The van der Waals surface area contributed by atoms with Crippen molar-refractivity contribution in [3.63, 3.8) is 0 Å². The Labute approximate surface area is 143 Å². The molecule has 0 heterocycles. The highest BCUT2D eigenvalue weighted by Crippen LogP contribution is 2.31. The van der Waals surface area contributed by atoms with Crippen molar-refractivity contribution in [2.45, 2.75) is 38.3 Å². The summed E-state index contributed by atoms with van der Waals surface area (Å²) >= 11 is 0. The van der Waals surface area contributed by atoms with Gasteiger partial charge in [0.25, 0.3) is 0 Å². The summed E-state index contributed by atoms with van der Waals surface area (Å²) in [6.45, 7) is 0.877. The van der Waals surface area contributed by atoms with Gasteiger partial charge in [-0.2, -0.15) is 0 Å². The normalized spacial score (nSPS) is 14.5. The lowest BCUT2D eigenvalue weighted by molar-refractivity contribution is 0.413. The SMILES string of the molecule is COc1cc(F)ccc1-c1cccc(CNC2CCCC2)c1.Cl. The summed E-state index contributed by atoms with van der Waals surface area (Å²) in [5.74, 6) is 0.292. The molecule has 0 saturated heterocycles. The summed E-state index contributed by atoms with van der Waals surface area (Å²) < 4.78 is 18.6. The molecule has 0 atom stereocenters. The fourth-order valence-electron chi connectivity index (χ4n) is 3.14. The van der Waals surface area contributed by atoms with E-state index in [0.717, 1.165) is 17.7 Å². The molecule has 1 saturated carbocycles. The van der Waals surface area contributed by atoms with Gasteiger partial charge in [-0.05, 0) is 42.2 Å². The molecule has 0 bridgehead atoms. The van der Waals surface area contributed by atoms with E-state index < -0.39 is 0 Å². The number of benzene rings is 2. The van der Waals surface area contributed by atoms with Crippen LogP contribution in [0, 0.1) is 5.82 Å². The summed E-state index contributed by atoms with van der Waals surface area (Å²) in [5.41, 5.74) is 3.23. The number of rotatable bonds is 5. The fourth-order valence-corrected chi connectivity index (χ4v) is 3.14. The molecule has 0 amide bonds. The van der Waals surface area contributed by atoms with Crippen LogP contribution in [0.4, 0.5) is 4.39 Å². The topological polar surface area (TPSA) is 21.3 Å². The molecule has 4 heteroatoms. The van der Waals surface area contributed by atoms with Crippen molar-refractivity contribution >= 4 is 12.4 Å². The zero-order valence-electron chi connectivity index (χ0n) is 13.3. The van der Waals surface area contributed by atoms with Gasteiger partial charge in [0.05, 0.1) is 7.11 Å². The Morgan fingerprint density at radius 1 is 1.13 bits per heavy atom. The lowest BCUT2D eigenvalue weighted by Gasteiger charge is -2.13. The highest BCUT2D eigenvalue weighted by atomic mass is 35.5. The molecule has 0 unspecified atom stereocenters. The van der Waals surface area contributed by atoms with Crippen LogP contribution in [0.2, 0.25) is 0 Å². The zero-order valence-corrected chi connectivity index (χ0v) is 14.2. The Kier molecular flexibility index (Phi) is 6.43. The largest absolute Gasteiger partial charge is 0.496 e. The van der Waals surface area contributed by atoms with Crippen LogP contribution in [0.5, 0.6) is 5.75 Å². The first-order chi connectivity index (χ1) is 10.8. The Bertz CT molecular complexity index is 641. The molecule has 1 N–H and O–H groups in total. The second-order valence-corrected chi connectivity index (χ2v) is 5.91. The number of methoxy groups -OCH3 is 1. The Morgan fingerprint density at radius 3 is 2.65 bits per heavy atom. The van der Waals surface area contributed by atoms with Crippen molar-refractivity contribution in [1.82, 2.24) is 5.32 Å². The van der Waals surface area contributed by atoms with E-state index in [9.17, 15) is 4.39 Å². The van der Waals surface area contributed by atoms with E-state index in [0.29, 0.717) is 11.8 Å². The quantitative estimate of drug-likeness (QED) is 0.834. The van der Waals surface area contributed by atoms with E-state index in [4.69, 9.17) is 4.74 Å².